The van der Waals surface area contributed by atoms with E-state index >= 15 is 0 Å². The highest BCUT2D eigenvalue weighted by atomic mass is 14.7. The number of allylic oxidation sites excluding steroid dienone is 4. The number of rotatable bonds is 2. The summed E-state index contributed by atoms with van der Waals surface area (Å²) in [6, 6.07) is 0. The molecule has 0 saturated carbocycles. The number of hydrogen-bond donors (Lipinski definition) is 1. The zero-order valence-electron chi connectivity index (χ0n) is 7.85. The normalized spacial score (nSPS) is 13.9. The predicted octanol–water partition coefficient (Wildman–Crippen LogP) is 2.51. The maximum atomic E-state index is 2.75. The van der Waals surface area contributed by atoms with Crippen LogP contribution in [-0.2, 0) is 0 Å². The van der Waals surface area contributed by atoms with Crippen LogP contribution in [0.2, 0.25) is 0 Å². The molecule has 0 atom stereocenters. The Balaban J connectivity index is 0.000000292. The van der Waals surface area contributed by atoms with E-state index in [2.05, 4.69) is 30.5 Å². The third-order valence-corrected chi connectivity index (χ3v) is 1.42. The van der Waals surface area contributed by atoms with Crippen molar-refractivity contribution in [3.05, 3.63) is 23.8 Å². The van der Waals surface area contributed by atoms with E-state index in [1.165, 1.54) is 19.3 Å². The van der Waals surface area contributed by atoms with E-state index in [4.69, 9.17) is 0 Å². The Bertz CT molecular complexity index is 134. The summed E-state index contributed by atoms with van der Waals surface area (Å²) < 4.78 is 0. The average Bonchev–Trinajstić information content (AvgIpc) is 2.42. The van der Waals surface area contributed by atoms with E-state index < -0.39 is 0 Å². The summed E-state index contributed by atoms with van der Waals surface area (Å²) >= 11 is 0. The Morgan fingerprint density at radius 3 is 2.45 bits per heavy atom. The van der Waals surface area contributed by atoms with E-state index in [0.717, 1.165) is 0 Å². The molecule has 0 fully saturated rings. The maximum absolute atomic E-state index is 2.75. The van der Waals surface area contributed by atoms with Crippen LogP contribution in [-0.4, -0.2) is 14.1 Å². The highest BCUT2D eigenvalue weighted by Crippen LogP contribution is 2.14. The maximum Gasteiger partial charge on any atom is -0.0133 e. The lowest BCUT2D eigenvalue weighted by atomic mass is 10.1. The van der Waals surface area contributed by atoms with Gasteiger partial charge in [0, 0.05) is 0 Å². The van der Waals surface area contributed by atoms with Crippen LogP contribution < -0.4 is 5.32 Å². The third-order valence-electron chi connectivity index (χ3n) is 1.42. The van der Waals surface area contributed by atoms with Gasteiger partial charge in [0.15, 0.2) is 0 Å². The van der Waals surface area contributed by atoms with Crippen LogP contribution in [0.3, 0.4) is 0 Å². The molecule has 11 heavy (non-hydrogen) atoms. The molecule has 1 aliphatic rings. The smallest absolute Gasteiger partial charge is 0.0133 e. The average molecular weight is 153 g/mol. The molecule has 1 N–H and O–H groups in total. The highest BCUT2D eigenvalue weighted by molar-refractivity contribution is 5.22. The number of nitrogens with one attached hydrogen (secondary N) is 1. The van der Waals surface area contributed by atoms with Gasteiger partial charge in [-0.2, -0.15) is 0 Å². The van der Waals surface area contributed by atoms with Gasteiger partial charge in [0.05, 0.1) is 0 Å². The van der Waals surface area contributed by atoms with E-state index in [9.17, 15) is 0 Å². The van der Waals surface area contributed by atoms with Crippen molar-refractivity contribution >= 4 is 0 Å². The van der Waals surface area contributed by atoms with Crippen LogP contribution in [0.25, 0.3) is 0 Å². The fourth-order valence-corrected chi connectivity index (χ4v) is 0.998. The molecule has 1 nitrogen and oxygen atoms in total. The molecule has 0 heterocycles. The van der Waals surface area contributed by atoms with Crippen molar-refractivity contribution < 1.29 is 0 Å². The van der Waals surface area contributed by atoms with E-state index in [1.54, 1.807) is 5.57 Å². The molecule has 1 aliphatic carbocycles. The second-order valence-electron chi connectivity index (χ2n) is 2.71. The zero-order valence-corrected chi connectivity index (χ0v) is 7.85. The van der Waals surface area contributed by atoms with Gasteiger partial charge in [-0.25, -0.2) is 0 Å². The highest BCUT2D eigenvalue weighted by Gasteiger charge is 1.94. The van der Waals surface area contributed by atoms with Crippen LogP contribution in [0.15, 0.2) is 23.8 Å². The Morgan fingerprint density at radius 2 is 2.09 bits per heavy atom. The molecule has 0 radical (unpaired) electrons. The second kappa shape index (κ2) is 7.55. The first-order chi connectivity index (χ1) is 5.35. The molecular formula is C10H19N. The molecule has 0 bridgehead atoms. The third kappa shape index (κ3) is 5.86. The first kappa shape index (κ1) is 10.4. The molecule has 0 amide bonds. The molecule has 0 unspecified atom stereocenters. The zero-order chi connectivity index (χ0) is 8.53. The first-order valence-electron chi connectivity index (χ1n) is 4.28. The first-order valence-corrected chi connectivity index (χ1v) is 4.28. The summed E-state index contributed by atoms with van der Waals surface area (Å²) in [6.45, 7) is 2.22. The van der Waals surface area contributed by atoms with Crippen molar-refractivity contribution in [1.82, 2.24) is 5.32 Å². The molecule has 1 rings (SSSR count). The van der Waals surface area contributed by atoms with Crippen LogP contribution in [0.1, 0.15) is 26.2 Å². The summed E-state index contributed by atoms with van der Waals surface area (Å²) in [7, 11) is 3.75. The molecule has 0 aromatic heterocycles. The summed E-state index contributed by atoms with van der Waals surface area (Å²) in [5.41, 5.74) is 1.59. The summed E-state index contributed by atoms with van der Waals surface area (Å²) in [5, 5.41) is 2.75. The van der Waals surface area contributed by atoms with Crippen molar-refractivity contribution in [2.75, 3.05) is 14.1 Å². The van der Waals surface area contributed by atoms with Gasteiger partial charge < -0.3 is 5.32 Å². The predicted molar refractivity (Wildman–Crippen MR) is 51.7 cm³/mol. The Morgan fingerprint density at radius 1 is 1.45 bits per heavy atom. The topological polar surface area (TPSA) is 12.0 Å². The SMILES string of the molecule is CCCC1=CC=CC1.CNC. The molecule has 1 heteroatoms. The van der Waals surface area contributed by atoms with Gasteiger partial charge in [0.25, 0.3) is 0 Å². The molecule has 64 valence electrons. The number of hydrogen-bond acceptors (Lipinski definition) is 1. The van der Waals surface area contributed by atoms with Gasteiger partial charge in [-0.3, -0.25) is 0 Å². The molecule has 0 spiro atoms. The second-order valence-corrected chi connectivity index (χ2v) is 2.71. The fourth-order valence-electron chi connectivity index (χ4n) is 0.998. The van der Waals surface area contributed by atoms with Crippen molar-refractivity contribution in [3.63, 3.8) is 0 Å². The van der Waals surface area contributed by atoms with Crippen LogP contribution in [0, 0.1) is 0 Å². The fraction of sp³-hybridized carbons (Fsp3) is 0.600. The van der Waals surface area contributed by atoms with Crippen LogP contribution in [0.4, 0.5) is 0 Å². The largest absolute Gasteiger partial charge is 0.323 e. The van der Waals surface area contributed by atoms with Gasteiger partial charge >= 0.3 is 0 Å². The lowest BCUT2D eigenvalue weighted by Gasteiger charge is -1.93. The molecule has 0 aromatic rings. The molecule has 0 aromatic carbocycles. The van der Waals surface area contributed by atoms with E-state index in [0.29, 0.717) is 0 Å². The van der Waals surface area contributed by atoms with Gasteiger partial charge in [-0.15, -0.1) is 0 Å². The van der Waals surface area contributed by atoms with E-state index in [1.807, 2.05) is 14.1 Å². The monoisotopic (exact) mass is 153 g/mol. The molecule has 0 aliphatic heterocycles. The summed E-state index contributed by atoms with van der Waals surface area (Å²) in [5.74, 6) is 0. The Labute approximate surface area is 70.2 Å². The van der Waals surface area contributed by atoms with Crippen LogP contribution in [0.5, 0.6) is 0 Å². The summed E-state index contributed by atoms with van der Waals surface area (Å²) in [6.07, 6.45) is 10.4. The molecule has 0 saturated heterocycles. The van der Waals surface area contributed by atoms with Gasteiger partial charge in [0.2, 0.25) is 0 Å². The van der Waals surface area contributed by atoms with E-state index in [-0.39, 0.29) is 0 Å². The molecular weight excluding hydrogens is 134 g/mol. The van der Waals surface area contributed by atoms with Gasteiger partial charge in [-0.1, -0.05) is 37.1 Å². The van der Waals surface area contributed by atoms with Gasteiger partial charge in [0.1, 0.15) is 0 Å². The van der Waals surface area contributed by atoms with Crippen molar-refractivity contribution in [2.24, 2.45) is 0 Å². The van der Waals surface area contributed by atoms with Crippen molar-refractivity contribution in [1.29, 1.82) is 0 Å². The minimum Gasteiger partial charge on any atom is -0.323 e. The van der Waals surface area contributed by atoms with Crippen LogP contribution >= 0.6 is 0 Å². The Hall–Kier alpha value is -0.560. The van der Waals surface area contributed by atoms with Crippen molar-refractivity contribution in [2.45, 2.75) is 26.2 Å². The minimum atomic E-state index is 1.20. The quantitative estimate of drug-likeness (QED) is 0.642. The lowest BCUT2D eigenvalue weighted by Crippen LogP contribution is -1.89. The van der Waals surface area contributed by atoms with Gasteiger partial charge in [-0.05, 0) is 26.9 Å². The standard InChI is InChI=1S/C8H12.C2H7N/c1-2-5-8-6-3-4-7-8;1-3-2/h3-4,6H,2,5,7H2,1H3;3H,1-2H3. The Kier molecular flexibility index (Phi) is 7.16. The van der Waals surface area contributed by atoms with Crippen molar-refractivity contribution in [3.8, 4) is 0 Å². The lowest BCUT2D eigenvalue weighted by molar-refractivity contribution is 0.887. The summed E-state index contributed by atoms with van der Waals surface area (Å²) in [4.78, 5) is 0. The minimum absolute atomic E-state index is 1.20.